The summed E-state index contributed by atoms with van der Waals surface area (Å²) in [5, 5.41) is 8.99. The van der Waals surface area contributed by atoms with E-state index in [4.69, 9.17) is 5.26 Å². The SMILES string of the molecule is N#CC1(C(=O)N2C[C@H]3CCC[C@H]3C2)CC1. The highest BCUT2D eigenvalue weighted by Crippen LogP contribution is 2.48. The zero-order valence-electron chi connectivity index (χ0n) is 8.91. The fourth-order valence-electron chi connectivity index (χ4n) is 3.20. The van der Waals surface area contributed by atoms with Crippen LogP contribution in [0.15, 0.2) is 0 Å². The molecule has 2 atom stereocenters. The average Bonchev–Trinajstić information content (AvgIpc) is 2.74. The zero-order valence-corrected chi connectivity index (χ0v) is 8.91. The second kappa shape index (κ2) is 2.98. The minimum atomic E-state index is -0.599. The number of hydrogen-bond acceptors (Lipinski definition) is 2. The van der Waals surface area contributed by atoms with E-state index in [9.17, 15) is 4.79 Å². The van der Waals surface area contributed by atoms with Gasteiger partial charge < -0.3 is 4.90 Å². The van der Waals surface area contributed by atoms with Crippen LogP contribution in [0.25, 0.3) is 0 Å². The van der Waals surface area contributed by atoms with Crippen molar-refractivity contribution >= 4 is 5.91 Å². The van der Waals surface area contributed by atoms with Gasteiger partial charge in [-0.3, -0.25) is 4.79 Å². The van der Waals surface area contributed by atoms with Gasteiger partial charge in [-0.2, -0.15) is 5.26 Å². The van der Waals surface area contributed by atoms with Gasteiger partial charge in [-0.1, -0.05) is 6.42 Å². The largest absolute Gasteiger partial charge is 0.341 e. The first kappa shape index (κ1) is 9.21. The fraction of sp³-hybridized carbons (Fsp3) is 0.833. The Labute approximate surface area is 90.1 Å². The number of nitriles is 1. The molecule has 0 aromatic heterocycles. The predicted molar refractivity (Wildman–Crippen MR) is 54.7 cm³/mol. The summed E-state index contributed by atoms with van der Waals surface area (Å²) in [6.45, 7) is 1.85. The molecule has 1 heterocycles. The third kappa shape index (κ3) is 1.27. The van der Waals surface area contributed by atoms with Crippen molar-refractivity contribution in [3.63, 3.8) is 0 Å². The van der Waals surface area contributed by atoms with E-state index in [1.807, 2.05) is 4.90 Å². The van der Waals surface area contributed by atoms with E-state index in [2.05, 4.69) is 6.07 Å². The molecule has 3 heteroatoms. The Morgan fingerprint density at radius 3 is 2.33 bits per heavy atom. The number of rotatable bonds is 1. The first-order valence-electron chi connectivity index (χ1n) is 5.96. The minimum absolute atomic E-state index is 0.124. The van der Waals surface area contributed by atoms with Gasteiger partial charge in [-0.15, -0.1) is 0 Å². The highest BCUT2D eigenvalue weighted by Gasteiger charge is 2.54. The molecule has 1 aliphatic heterocycles. The van der Waals surface area contributed by atoms with Gasteiger partial charge in [0, 0.05) is 13.1 Å². The van der Waals surface area contributed by atoms with E-state index in [0.29, 0.717) is 0 Å². The molecule has 3 nitrogen and oxygen atoms in total. The third-order valence-corrected chi connectivity index (χ3v) is 4.39. The van der Waals surface area contributed by atoms with Crippen molar-refractivity contribution in [2.24, 2.45) is 17.3 Å². The summed E-state index contributed by atoms with van der Waals surface area (Å²) in [4.78, 5) is 14.1. The van der Waals surface area contributed by atoms with Gasteiger partial charge in [0.05, 0.1) is 6.07 Å². The molecule has 0 N–H and O–H groups in total. The molecule has 1 saturated heterocycles. The molecule has 0 spiro atoms. The Balaban J connectivity index is 1.70. The van der Waals surface area contributed by atoms with Crippen LogP contribution >= 0.6 is 0 Å². The van der Waals surface area contributed by atoms with Crippen LogP contribution < -0.4 is 0 Å². The maximum absolute atomic E-state index is 12.1. The van der Waals surface area contributed by atoms with Gasteiger partial charge >= 0.3 is 0 Å². The molecule has 0 aromatic rings. The van der Waals surface area contributed by atoms with Crippen molar-refractivity contribution in [1.29, 1.82) is 5.26 Å². The normalized spacial score (nSPS) is 36.1. The Morgan fingerprint density at radius 1 is 1.27 bits per heavy atom. The second-order valence-electron chi connectivity index (χ2n) is 5.36. The minimum Gasteiger partial charge on any atom is -0.341 e. The van der Waals surface area contributed by atoms with Gasteiger partial charge in [0.15, 0.2) is 0 Å². The second-order valence-corrected chi connectivity index (χ2v) is 5.36. The summed E-state index contributed by atoms with van der Waals surface area (Å²) in [7, 11) is 0. The summed E-state index contributed by atoms with van der Waals surface area (Å²) in [5.74, 6) is 1.60. The number of carbonyl (C=O) groups is 1. The van der Waals surface area contributed by atoms with Crippen molar-refractivity contribution in [3.8, 4) is 6.07 Å². The van der Waals surface area contributed by atoms with Crippen molar-refractivity contribution in [2.45, 2.75) is 32.1 Å². The molecule has 3 rings (SSSR count). The molecule has 0 radical (unpaired) electrons. The molecule has 2 aliphatic carbocycles. The molecule has 3 fully saturated rings. The monoisotopic (exact) mass is 204 g/mol. The lowest BCUT2D eigenvalue weighted by Crippen LogP contribution is -2.35. The van der Waals surface area contributed by atoms with E-state index >= 15 is 0 Å². The van der Waals surface area contributed by atoms with E-state index in [1.54, 1.807) is 0 Å². The van der Waals surface area contributed by atoms with Crippen LogP contribution in [0.3, 0.4) is 0 Å². The summed E-state index contributed by atoms with van der Waals surface area (Å²) in [6.07, 6.45) is 5.48. The number of hydrogen-bond donors (Lipinski definition) is 0. The lowest BCUT2D eigenvalue weighted by molar-refractivity contribution is -0.134. The number of carbonyl (C=O) groups excluding carboxylic acids is 1. The van der Waals surface area contributed by atoms with E-state index in [-0.39, 0.29) is 5.91 Å². The maximum atomic E-state index is 12.1. The molecule has 3 aliphatic rings. The van der Waals surface area contributed by atoms with Gasteiger partial charge in [-0.05, 0) is 37.5 Å². The number of nitrogens with zero attached hydrogens (tertiary/aromatic N) is 2. The van der Waals surface area contributed by atoms with Crippen LogP contribution in [0.1, 0.15) is 32.1 Å². The lowest BCUT2D eigenvalue weighted by Gasteiger charge is -2.19. The molecule has 0 bridgehead atoms. The van der Waals surface area contributed by atoms with E-state index in [1.165, 1.54) is 19.3 Å². The first-order valence-corrected chi connectivity index (χ1v) is 5.96. The average molecular weight is 204 g/mol. The molecule has 15 heavy (non-hydrogen) atoms. The first-order chi connectivity index (χ1) is 7.25. The van der Waals surface area contributed by atoms with Crippen molar-refractivity contribution in [1.82, 2.24) is 4.90 Å². The van der Waals surface area contributed by atoms with Crippen molar-refractivity contribution in [2.75, 3.05) is 13.1 Å². The van der Waals surface area contributed by atoms with Crippen LogP contribution in [0, 0.1) is 28.6 Å². The molecule has 0 unspecified atom stereocenters. The van der Waals surface area contributed by atoms with Crippen LogP contribution in [0.5, 0.6) is 0 Å². The summed E-state index contributed by atoms with van der Waals surface area (Å²) in [5.41, 5.74) is -0.599. The zero-order chi connectivity index (χ0) is 10.5. The van der Waals surface area contributed by atoms with Crippen LogP contribution in [0.2, 0.25) is 0 Å². The fourth-order valence-corrected chi connectivity index (χ4v) is 3.20. The Hall–Kier alpha value is -1.04. The number of likely N-dealkylation sites (tertiary alicyclic amines) is 1. The van der Waals surface area contributed by atoms with Crippen LogP contribution in [-0.4, -0.2) is 23.9 Å². The third-order valence-electron chi connectivity index (χ3n) is 4.39. The van der Waals surface area contributed by atoms with Crippen LogP contribution in [-0.2, 0) is 4.79 Å². The highest BCUT2D eigenvalue weighted by atomic mass is 16.2. The smallest absolute Gasteiger partial charge is 0.243 e. The van der Waals surface area contributed by atoms with Crippen molar-refractivity contribution in [3.05, 3.63) is 0 Å². The Bertz CT molecular complexity index is 328. The molecule has 0 aromatic carbocycles. The Kier molecular flexibility index (Phi) is 1.83. The molecule has 1 amide bonds. The predicted octanol–water partition coefficient (Wildman–Crippen LogP) is 1.55. The topological polar surface area (TPSA) is 44.1 Å². The van der Waals surface area contributed by atoms with Gasteiger partial charge in [-0.25, -0.2) is 0 Å². The molecular weight excluding hydrogens is 188 g/mol. The summed E-state index contributed by atoms with van der Waals surface area (Å²) >= 11 is 0. The van der Waals surface area contributed by atoms with Gasteiger partial charge in [0.2, 0.25) is 5.91 Å². The Morgan fingerprint density at radius 2 is 1.87 bits per heavy atom. The van der Waals surface area contributed by atoms with Gasteiger partial charge in [0.1, 0.15) is 5.41 Å². The quantitative estimate of drug-likeness (QED) is 0.650. The van der Waals surface area contributed by atoms with E-state index in [0.717, 1.165) is 37.8 Å². The van der Waals surface area contributed by atoms with Crippen molar-refractivity contribution < 1.29 is 4.79 Å². The van der Waals surface area contributed by atoms with Gasteiger partial charge in [0.25, 0.3) is 0 Å². The number of amides is 1. The number of fused-ring (bicyclic) bond motifs is 1. The summed E-state index contributed by atoms with van der Waals surface area (Å²) < 4.78 is 0. The maximum Gasteiger partial charge on any atom is 0.243 e. The van der Waals surface area contributed by atoms with Crippen LogP contribution in [0.4, 0.5) is 0 Å². The van der Waals surface area contributed by atoms with E-state index < -0.39 is 5.41 Å². The molecule has 80 valence electrons. The summed E-state index contributed by atoms with van der Waals surface area (Å²) in [6, 6.07) is 2.20. The molecule has 2 saturated carbocycles. The molecular formula is C12H16N2O. The highest BCUT2D eigenvalue weighted by molar-refractivity contribution is 5.88. The lowest BCUT2D eigenvalue weighted by atomic mass is 10.0. The standard InChI is InChI=1S/C12H16N2O/c13-8-12(4-5-12)11(15)14-6-9-2-1-3-10(9)7-14/h9-10H,1-7H2/t9-,10+.